The van der Waals surface area contributed by atoms with Gasteiger partial charge in [-0.3, -0.25) is 15.0 Å². The molecule has 0 spiro atoms. The molecule has 3 heterocycles. The predicted molar refractivity (Wildman–Crippen MR) is 367 cm³/mol. The van der Waals surface area contributed by atoms with Crippen LogP contribution in [0.5, 0.6) is 0 Å². The van der Waals surface area contributed by atoms with Gasteiger partial charge in [-0.05, 0) is 154 Å². The van der Waals surface area contributed by atoms with E-state index in [2.05, 4.69) is 261 Å². The van der Waals surface area contributed by atoms with Crippen molar-refractivity contribution in [3.63, 3.8) is 0 Å². The average Bonchev–Trinajstić information content (AvgIpc) is 1.85. The molecule has 0 fully saturated rings. The maximum absolute atomic E-state index is 4.77. The Labute approximate surface area is 542 Å². The Bertz CT molecular complexity index is 3990. The molecular weight excluding hydrogens is 1260 g/mol. The minimum absolute atomic E-state index is 0. The van der Waals surface area contributed by atoms with Gasteiger partial charge in [0.2, 0.25) is 6.71 Å². The summed E-state index contributed by atoms with van der Waals surface area (Å²) < 4.78 is 6.52. The maximum atomic E-state index is 4.77. The molecule has 0 unspecified atom stereocenters. The van der Waals surface area contributed by atoms with Crippen LogP contribution < -0.4 is 16.4 Å². The van der Waals surface area contributed by atoms with Crippen molar-refractivity contribution in [1.29, 1.82) is 0 Å². The number of imidazole rings is 3. The number of aryl methyl sites for hydroxylation is 18. The third kappa shape index (κ3) is 13.2. The molecule has 12 rings (SSSR count). The van der Waals surface area contributed by atoms with Crippen LogP contribution in [-0.4, -0.2) is 35.4 Å². The van der Waals surface area contributed by atoms with E-state index in [0.717, 1.165) is 89.8 Å². The van der Waals surface area contributed by atoms with Crippen LogP contribution in [-0.2, 0) is 58.6 Å². The van der Waals surface area contributed by atoms with Crippen molar-refractivity contribution < 1.29 is 20.1 Å². The van der Waals surface area contributed by atoms with Crippen LogP contribution in [0.4, 0.5) is 0 Å². The second-order valence-electron chi connectivity index (χ2n) is 24.9. The van der Waals surface area contributed by atoms with Crippen molar-refractivity contribution in [2.75, 3.05) is 0 Å². The first-order valence-corrected chi connectivity index (χ1v) is 31.2. The quantitative estimate of drug-likeness (QED) is 0.0635. The summed E-state index contributed by atoms with van der Waals surface area (Å²) in [6, 6.07) is 65.0. The summed E-state index contributed by atoms with van der Waals surface area (Å²) in [6.07, 6.45) is 17.4. The normalized spacial score (nSPS) is 11.3. The van der Waals surface area contributed by atoms with E-state index in [1.807, 2.05) is 37.2 Å². The number of hydrogen-bond donors (Lipinski definition) is 0. The van der Waals surface area contributed by atoms with E-state index in [-0.39, 0.29) is 26.8 Å². The van der Waals surface area contributed by atoms with Crippen LogP contribution in [0.25, 0.3) is 51.2 Å². The first-order chi connectivity index (χ1) is 42.5. The summed E-state index contributed by atoms with van der Waals surface area (Å²) in [7, 11) is 0. The Balaban J connectivity index is 0.00000817. The zero-order valence-electron chi connectivity index (χ0n) is 53.7. The van der Waals surface area contributed by atoms with E-state index < -0.39 is 0 Å². The number of nitrogens with zero attached hydrogens (tertiary/aromatic N) is 6. The Hall–Kier alpha value is -8.68. The van der Waals surface area contributed by atoms with Gasteiger partial charge in [-0.2, -0.15) is 0 Å². The van der Waals surface area contributed by atoms with Crippen molar-refractivity contribution >= 4 is 23.1 Å². The number of rotatable bonds is 18. The van der Waals surface area contributed by atoms with Gasteiger partial charge in [0.05, 0.1) is 17.5 Å². The van der Waals surface area contributed by atoms with E-state index in [1.54, 1.807) is 0 Å². The average molecular weight is 1340 g/mol. The van der Waals surface area contributed by atoms with E-state index >= 15 is 0 Å². The minimum Gasteiger partial charge on any atom is -0.340 e. The molecule has 3 aromatic heterocycles. The van der Waals surface area contributed by atoms with Gasteiger partial charge in [0.25, 0.3) is 0 Å². The molecule has 0 radical (unpaired) electrons. The van der Waals surface area contributed by atoms with Crippen molar-refractivity contribution in [3.05, 3.63) is 301 Å². The molecule has 89 heavy (non-hydrogen) atoms. The smallest absolute Gasteiger partial charge is 0.340 e. The van der Waals surface area contributed by atoms with Gasteiger partial charge in [-0.15, -0.1) is 106 Å². The second-order valence-corrected chi connectivity index (χ2v) is 24.9. The van der Waals surface area contributed by atoms with Crippen molar-refractivity contribution in [1.82, 2.24) is 28.7 Å². The molecule has 0 atom stereocenters. The van der Waals surface area contributed by atoms with Gasteiger partial charge in [0.15, 0.2) is 0 Å². The summed E-state index contributed by atoms with van der Waals surface area (Å²) in [5, 5.41) is 0. The summed E-state index contributed by atoms with van der Waals surface area (Å²) >= 11 is 0. The number of aromatic nitrogens is 6. The molecule has 0 aliphatic carbocycles. The third-order valence-electron chi connectivity index (χ3n) is 18.0. The molecule has 444 valence electrons. The Morgan fingerprint density at radius 3 is 0.798 bits per heavy atom. The van der Waals surface area contributed by atoms with Gasteiger partial charge in [-0.25, -0.2) is 0 Å². The molecule has 0 aliphatic heterocycles. The summed E-state index contributed by atoms with van der Waals surface area (Å²) in [5.74, 6) is 2.71. The van der Waals surface area contributed by atoms with Crippen LogP contribution in [0, 0.1) is 101 Å². The molecular formula is C81H78BIrN6. The van der Waals surface area contributed by atoms with Crippen molar-refractivity contribution in [2.24, 2.45) is 0 Å². The summed E-state index contributed by atoms with van der Waals surface area (Å²) in [6.45, 7) is 27.0. The van der Waals surface area contributed by atoms with Crippen molar-refractivity contribution in [3.8, 4) is 51.2 Å². The van der Waals surface area contributed by atoms with E-state index in [0.29, 0.717) is 0 Å². The molecule has 0 aliphatic rings. The topological polar surface area (TPSA) is 53.5 Å². The van der Waals surface area contributed by atoms with E-state index in [1.165, 1.54) is 117 Å². The van der Waals surface area contributed by atoms with Crippen LogP contribution in [0.2, 0.25) is 0 Å². The summed E-state index contributed by atoms with van der Waals surface area (Å²) in [4.78, 5) is 14.3. The predicted octanol–water partition coefficient (Wildman–Crippen LogP) is 16.2. The molecule has 6 nitrogen and oxygen atoms in total. The molecule has 0 bridgehead atoms. The monoisotopic (exact) mass is 1340 g/mol. The van der Waals surface area contributed by atoms with Gasteiger partial charge in [0.1, 0.15) is 0 Å². The van der Waals surface area contributed by atoms with E-state index in [9.17, 15) is 0 Å². The fraction of sp³-hybridized carbons (Fsp3) is 0.222. The molecule has 12 aromatic rings. The zero-order valence-corrected chi connectivity index (χ0v) is 56.1. The van der Waals surface area contributed by atoms with Gasteiger partial charge in [0, 0.05) is 54.2 Å². The molecule has 0 saturated carbocycles. The molecule has 0 amide bonds. The Kier molecular flexibility index (Phi) is 18.5. The molecule has 8 heteroatoms. The maximum Gasteiger partial charge on any atom is 3.00 e. The van der Waals surface area contributed by atoms with Crippen LogP contribution in [0.15, 0.2) is 183 Å². The Morgan fingerprint density at radius 2 is 0.562 bits per heavy atom. The van der Waals surface area contributed by atoms with Crippen LogP contribution >= 0.6 is 0 Å². The molecule has 9 aromatic carbocycles. The minimum atomic E-state index is 0. The number of hydrogen-bond acceptors (Lipinski definition) is 3. The van der Waals surface area contributed by atoms with E-state index in [4.69, 9.17) is 15.0 Å². The SMILES string of the molecule is Cc1ccc(-n2ccnc2-c2[c-]cc(CCc3cc(C)c(B(c4c(C)cc(CCc5c[c-]c(-c6nccn6-c6ccc(C)cc6C)cc5)cc4C)c4c(C)cc(CCc5c[c-]c(-c6nccn6-c6ccc(C)cc6C)cc5)cc4C)c(C)c3)cc2)c(C)c1.[Ir+3]. The summed E-state index contributed by atoms with van der Waals surface area (Å²) in [5.41, 5.74) is 33.9. The first-order valence-electron chi connectivity index (χ1n) is 31.2. The number of benzene rings is 9. The standard InChI is InChI=1S/C81H78BN6.Ir/c1-52-13-34-73(55(4)43-52)86-40-37-83-79(86)70-28-22-64(23-29-70)16-19-67-46-58(7)76(59(8)47-67)82(77-60(9)48-68(49-61(77)10)20-17-65-24-30-71(31-25-65)80-84-38-41-87(80)74-35-14-53(2)44-56(74)5)78-62(11)50-69(51-63(78)12)21-18-66-26-32-72(33-27-66)81-85-39-42-88(81)75-36-15-54(3)45-57(75)6;/h13-15,22-28,30,32,34-51H,16-21H2,1-12H3;/q-3;+3. The van der Waals surface area contributed by atoms with Crippen molar-refractivity contribution in [2.45, 2.75) is 122 Å². The largest absolute Gasteiger partial charge is 3.00 e. The van der Waals surface area contributed by atoms with Gasteiger partial charge in [-0.1, -0.05) is 159 Å². The second kappa shape index (κ2) is 26.6. The zero-order chi connectivity index (χ0) is 61.3. The third-order valence-corrected chi connectivity index (χ3v) is 18.0. The van der Waals surface area contributed by atoms with Gasteiger partial charge < -0.3 is 13.7 Å². The van der Waals surface area contributed by atoms with Crippen LogP contribution in [0.1, 0.15) is 100 Å². The fourth-order valence-electron chi connectivity index (χ4n) is 13.9. The fourth-order valence-corrected chi connectivity index (χ4v) is 13.9. The molecule has 0 N–H and O–H groups in total. The van der Waals surface area contributed by atoms with Gasteiger partial charge >= 0.3 is 20.1 Å². The molecule has 0 saturated heterocycles. The Morgan fingerprint density at radius 1 is 0.303 bits per heavy atom. The first kappa shape index (κ1) is 62.0. The van der Waals surface area contributed by atoms with Crippen LogP contribution in [0.3, 0.4) is 0 Å².